The van der Waals surface area contributed by atoms with Gasteiger partial charge >= 0.3 is 12.1 Å². The van der Waals surface area contributed by atoms with E-state index in [9.17, 15) is 14.4 Å². The minimum absolute atomic E-state index is 0.00204. The van der Waals surface area contributed by atoms with E-state index in [-0.39, 0.29) is 12.3 Å². The summed E-state index contributed by atoms with van der Waals surface area (Å²) >= 11 is 1.35. The number of aliphatic imine (C=N–C) groups is 1. The van der Waals surface area contributed by atoms with Gasteiger partial charge in [-0.15, -0.1) is 11.3 Å². The molecule has 11 nitrogen and oxygen atoms in total. The lowest BCUT2D eigenvalue weighted by atomic mass is 10.1. The molecule has 0 radical (unpaired) electrons. The quantitative estimate of drug-likeness (QED) is 0.223. The van der Waals surface area contributed by atoms with E-state index in [2.05, 4.69) is 26.1 Å². The summed E-state index contributed by atoms with van der Waals surface area (Å²) in [7, 11) is 0. The minimum Gasteiger partial charge on any atom is -0.456 e. The van der Waals surface area contributed by atoms with Crippen LogP contribution >= 0.6 is 11.3 Å². The topological polar surface area (TPSA) is 144 Å². The number of alkyl carbamates (subject to hydrolysis) is 1. The van der Waals surface area contributed by atoms with Gasteiger partial charge in [0.25, 0.3) is 5.91 Å². The Labute approximate surface area is 215 Å². The SMILES string of the molecule is C/C(=N\c1sc(C)c(C)c1C(=O)OC(C)(C)C)NNC(=O)C(Cc1ncco1)NC(=O)OC(C)(C)C. The Morgan fingerprint density at radius 2 is 1.72 bits per heavy atom. The maximum Gasteiger partial charge on any atom is 0.408 e. The zero-order valence-electron chi connectivity index (χ0n) is 22.2. The minimum atomic E-state index is -1.04. The number of amides is 2. The zero-order chi connectivity index (χ0) is 27.3. The molecular formula is C24H35N5O6S. The predicted molar refractivity (Wildman–Crippen MR) is 136 cm³/mol. The van der Waals surface area contributed by atoms with Gasteiger partial charge in [-0.2, -0.15) is 0 Å². The molecule has 2 aromatic rings. The van der Waals surface area contributed by atoms with Crippen LogP contribution in [-0.2, 0) is 20.7 Å². The molecule has 0 spiro atoms. The van der Waals surface area contributed by atoms with E-state index >= 15 is 0 Å². The van der Waals surface area contributed by atoms with Crippen LogP contribution in [0.5, 0.6) is 0 Å². The van der Waals surface area contributed by atoms with Gasteiger partial charge in [-0.25, -0.2) is 19.6 Å². The maximum atomic E-state index is 12.9. The second-order valence-corrected chi connectivity index (χ2v) is 11.3. The lowest BCUT2D eigenvalue weighted by Gasteiger charge is -2.23. The fourth-order valence-electron chi connectivity index (χ4n) is 2.86. The molecule has 12 heteroatoms. The highest BCUT2D eigenvalue weighted by Crippen LogP contribution is 2.36. The number of amidine groups is 1. The van der Waals surface area contributed by atoms with Crippen LogP contribution in [0.15, 0.2) is 21.9 Å². The summed E-state index contributed by atoms with van der Waals surface area (Å²) in [4.78, 5) is 47.3. The molecule has 3 N–H and O–H groups in total. The van der Waals surface area contributed by atoms with E-state index in [0.29, 0.717) is 16.4 Å². The van der Waals surface area contributed by atoms with E-state index in [1.54, 1.807) is 48.5 Å². The Bertz CT molecular complexity index is 1110. The molecule has 2 rings (SSSR count). The van der Waals surface area contributed by atoms with Crippen LogP contribution in [0.4, 0.5) is 9.80 Å². The Morgan fingerprint density at radius 1 is 1.08 bits per heavy atom. The van der Waals surface area contributed by atoms with Gasteiger partial charge in [-0.05, 0) is 67.9 Å². The number of nitrogens with zero attached hydrogens (tertiary/aromatic N) is 2. The fourth-order valence-corrected chi connectivity index (χ4v) is 3.93. The average molecular weight is 522 g/mol. The Kier molecular flexibility index (Phi) is 9.25. The van der Waals surface area contributed by atoms with Crippen LogP contribution < -0.4 is 16.2 Å². The summed E-state index contributed by atoms with van der Waals surface area (Å²) in [5.41, 5.74) is 5.02. The molecule has 0 saturated heterocycles. The highest BCUT2D eigenvalue weighted by atomic mass is 32.1. The first-order chi connectivity index (χ1) is 16.6. The molecule has 2 amide bonds. The number of hydrazine groups is 1. The average Bonchev–Trinajstić information content (AvgIpc) is 3.30. The third-order valence-corrected chi connectivity index (χ3v) is 5.58. The summed E-state index contributed by atoms with van der Waals surface area (Å²) in [5, 5.41) is 2.99. The summed E-state index contributed by atoms with van der Waals surface area (Å²) in [6.45, 7) is 15.9. The van der Waals surface area contributed by atoms with Crippen molar-refractivity contribution in [1.29, 1.82) is 0 Å². The molecule has 1 atom stereocenters. The van der Waals surface area contributed by atoms with Gasteiger partial charge < -0.3 is 19.2 Å². The zero-order valence-corrected chi connectivity index (χ0v) is 23.0. The number of nitrogens with one attached hydrogen (secondary N) is 3. The van der Waals surface area contributed by atoms with Crippen LogP contribution in [0.25, 0.3) is 0 Å². The number of oxazole rings is 1. The second-order valence-electron chi connectivity index (χ2n) is 10.1. The number of aryl methyl sites for hydroxylation is 1. The number of thiophene rings is 1. The molecule has 2 heterocycles. The highest BCUT2D eigenvalue weighted by Gasteiger charge is 2.27. The van der Waals surface area contributed by atoms with Crippen molar-refractivity contribution in [3.05, 3.63) is 34.4 Å². The number of hydrogen-bond donors (Lipinski definition) is 3. The van der Waals surface area contributed by atoms with Gasteiger partial charge in [0.2, 0.25) is 0 Å². The summed E-state index contributed by atoms with van der Waals surface area (Å²) in [6.07, 6.45) is 2.06. The fraction of sp³-hybridized carbons (Fsp3) is 0.542. The Morgan fingerprint density at radius 3 is 2.28 bits per heavy atom. The van der Waals surface area contributed by atoms with E-state index < -0.39 is 35.2 Å². The molecule has 0 aliphatic heterocycles. The number of esters is 1. The number of carbonyl (C=O) groups is 3. The number of ether oxygens (including phenoxy) is 2. The molecule has 198 valence electrons. The number of carbonyl (C=O) groups excluding carboxylic acids is 3. The maximum absolute atomic E-state index is 12.9. The van der Waals surface area contributed by atoms with Gasteiger partial charge in [0.05, 0.1) is 18.2 Å². The molecule has 0 aliphatic rings. The summed E-state index contributed by atoms with van der Waals surface area (Å²) in [5.74, 6) is -0.447. The van der Waals surface area contributed by atoms with E-state index in [1.165, 1.54) is 23.8 Å². The standard InChI is InChI=1S/C24H35N5O6S/c1-13-14(2)36-20(18(13)21(31)34-23(4,5)6)26-15(3)28-29-19(30)16(12-17-25-10-11-33-17)27-22(32)35-24(7,8)9/h10-11,16H,12H2,1-9H3,(H,26,28)(H,27,32)(H,29,30). The molecule has 36 heavy (non-hydrogen) atoms. The van der Waals surface area contributed by atoms with Gasteiger partial charge in [0.1, 0.15) is 34.3 Å². The monoisotopic (exact) mass is 521 g/mol. The van der Waals surface area contributed by atoms with Crippen molar-refractivity contribution in [1.82, 2.24) is 21.2 Å². The molecule has 0 aromatic carbocycles. The Hall–Kier alpha value is -3.41. The van der Waals surface area contributed by atoms with Crippen molar-refractivity contribution in [2.45, 2.75) is 86.0 Å². The van der Waals surface area contributed by atoms with Crippen molar-refractivity contribution < 1.29 is 28.3 Å². The molecule has 0 bridgehead atoms. The van der Waals surface area contributed by atoms with Crippen molar-refractivity contribution in [3.8, 4) is 0 Å². The smallest absolute Gasteiger partial charge is 0.408 e. The van der Waals surface area contributed by atoms with Gasteiger partial charge in [0.15, 0.2) is 5.89 Å². The molecule has 0 aliphatic carbocycles. The lowest BCUT2D eigenvalue weighted by molar-refractivity contribution is -0.123. The van der Waals surface area contributed by atoms with E-state index in [1.807, 2.05) is 13.8 Å². The highest BCUT2D eigenvalue weighted by molar-refractivity contribution is 7.16. The van der Waals surface area contributed by atoms with E-state index in [4.69, 9.17) is 13.9 Å². The van der Waals surface area contributed by atoms with Crippen molar-refractivity contribution >= 4 is 40.1 Å². The number of hydrogen-bond acceptors (Lipinski definition) is 9. The first kappa shape index (κ1) is 28.8. The lowest BCUT2D eigenvalue weighted by Crippen LogP contribution is -2.53. The number of rotatable bonds is 6. The van der Waals surface area contributed by atoms with Crippen molar-refractivity contribution in [2.24, 2.45) is 4.99 Å². The van der Waals surface area contributed by atoms with Gasteiger partial charge in [0, 0.05) is 4.88 Å². The van der Waals surface area contributed by atoms with Crippen LogP contribution in [-0.4, -0.2) is 46.0 Å². The molecule has 2 aromatic heterocycles. The molecule has 0 saturated carbocycles. The van der Waals surface area contributed by atoms with Crippen LogP contribution in [0.1, 0.15) is 75.2 Å². The summed E-state index contributed by atoms with van der Waals surface area (Å²) in [6, 6.07) is -1.04. The van der Waals surface area contributed by atoms with Gasteiger partial charge in [-0.1, -0.05) is 0 Å². The third kappa shape index (κ3) is 8.99. The van der Waals surface area contributed by atoms with Crippen LogP contribution in [0.3, 0.4) is 0 Å². The largest absolute Gasteiger partial charge is 0.456 e. The predicted octanol–water partition coefficient (Wildman–Crippen LogP) is 4.11. The molecule has 1 unspecified atom stereocenters. The molecular weight excluding hydrogens is 486 g/mol. The van der Waals surface area contributed by atoms with Crippen LogP contribution in [0, 0.1) is 13.8 Å². The first-order valence-corrected chi connectivity index (χ1v) is 12.2. The third-order valence-electron chi connectivity index (χ3n) is 4.48. The molecule has 0 fully saturated rings. The van der Waals surface area contributed by atoms with E-state index in [0.717, 1.165) is 10.4 Å². The normalized spacial score (nSPS) is 13.1. The van der Waals surface area contributed by atoms with Crippen molar-refractivity contribution in [3.63, 3.8) is 0 Å². The Balaban J connectivity index is 2.15. The first-order valence-electron chi connectivity index (χ1n) is 11.4. The summed E-state index contributed by atoms with van der Waals surface area (Å²) < 4.78 is 16.0. The second kappa shape index (κ2) is 11.5. The number of aromatic nitrogens is 1. The van der Waals surface area contributed by atoms with Gasteiger partial charge in [-0.3, -0.25) is 15.6 Å². The van der Waals surface area contributed by atoms with Crippen LogP contribution in [0.2, 0.25) is 0 Å². The van der Waals surface area contributed by atoms with Crippen molar-refractivity contribution in [2.75, 3.05) is 0 Å².